The summed E-state index contributed by atoms with van der Waals surface area (Å²) in [5.41, 5.74) is 1.26. The van der Waals surface area contributed by atoms with Crippen molar-refractivity contribution in [1.29, 1.82) is 0 Å². The maximum absolute atomic E-state index is 11.1. The Balaban J connectivity index is 1.74. The second-order valence-corrected chi connectivity index (χ2v) is 5.43. The molecule has 96 valence electrons. The van der Waals surface area contributed by atoms with Crippen LogP contribution < -0.4 is 0 Å². The SMILES string of the molecule is O=[N+]([O-])[C@@H]1CCN(Cc2ccccc2)[C@H]1C1CC1. The quantitative estimate of drug-likeness (QED) is 0.605. The highest BCUT2D eigenvalue weighted by molar-refractivity contribution is 5.15. The lowest BCUT2D eigenvalue weighted by Gasteiger charge is -2.24. The smallest absolute Gasteiger partial charge is 0.229 e. The molecule has 18 heavy (non-hydrogen) atoms. The van der Waals surface area contributed by atoms with Crippen LogP contribution in [0.3, 0.4) is 0 Å². The first-order valence-corrected chi connectivity index (χ1v) is 6.67. The van der Waals surface area contributed by atoms with E-state index >= 15 is 0 Å². The van der Waals surface area contributed by atoms with Gasteiger partial charge in [0.25, 0.3) is 0 Å². The lowest BCUT2D eigenvalue weighted by molar-refractivity contribution is -0.525. The molecule has 0 radical (unpaired) electrons. The van der Waals surface area contributed by atoms with Crippen LogP contribution in [0.5, 0.6) is 0 Å². The van der Waals surface area contributed by atoms with E-state index in [4.69, 9.17) is 0 Å². The Bertz CT molecular complexity index is 431. The van der Waals surface area contributed by atoms with Crippen LogP contribution in [0.25, 0.3) is 0 Å². The molecule has 1 saturated carbocycles. The van der Waals surface area contributed by atoms with Crippen molar-refractivity contribution in [2.24, 2.45) is 5.92 Å². The van der Waals surface area contributed by atoms with Gasteiger partial charge in [0.15, 0.2) is 0 Å². The van der Waals surface area contributed by atoms with Gasteiger partial charge in [0.1, 0.15) is 0 Å². The van der Waals surface area contributed by atoms with Crippen LogP contribution in [0.2, 0.25) is 0 Å². The van der Waals surface area contributed by atoms with Crippen LogP contribution in [-0.2, 0) is 6.54 Å². The van der Waals surface area contributed by atoms with Gasteiger partial charge in [0, 0.05) is 24.4 Å². The topological polar surface area (TPSA) is 46.4 Å². The summed E-state index contributed by atoms with van der Waals surface area (Å²) in [4.78, 5) is 13.4. The summed E-state index contributed by atoms with van der Waals surface area (Å²) in [7, 11) is 0. The lowest BCUT2D eigenvalue weighted by Crippen LogP contribution is -2.40. The first kappa shape index (κ1) is 11.7. The average molecular weight is 246 g/mol. The summed E-state index contributed by atoms with van der Waals surface area (Å²) >= 11 is 0. The van der Waals surface area contributed by atoms with Gasteiger partial charge in [0.05, 0.1) is 6.04 Å². The van der Waals surface area contributed by atoms with Gasteiger partial charge in [-0.2, -0.15) is 0 Å². The Morgan fingerprint density at radius 1 is 1.22 bits per heavy atom. The zero-order chi connectivity index (χ0) is 12.5. The zero-order valence-corrected chi connectivity index (χ0v) is 10.4. The predicted molar refractivity (Wildman–Crippen MR) is 68.8 cm³/mol. The molecule has 2 atom stereocenters. The van der Waals surface area contributed by atoms with Gasteiger partial charge in [-0.15, -0.1) is 0 Å². The molecule has 4 nitrogen and oxygen atoms in total. The third-order valence-corrected chi connectivity index (χ3v) is 4.13. The number of hydrogen-bond acceptors (Lipinski definition) is 3. The van der Waals surface area contributed by atoms with Crippen molar-refractivity contribution in [3.8, 4) is 0 Å². The van der Waals surface area contributed by atoms with Gasteiger partial charge in [-0.05, 0) is 24.3 Å². The fourth-order valence-corrected chi connectivity index (χ4v) is 3.14. The molecule has 0 bridgehead atoms. The number of hydrogen-bond donors (Lipinski definition) is 0. The molecule has 1 heterocycles. The Hall–Kier alpha value is -1.42. The third-order valence-electron chi connectivity index (χ3n) is 4.13. The van der Waals surface area contributed by atoms with Gasteiger partial charge in [-0.3, -0.25) is 15.0 Å². The number of nitro groups is 1. The summed E-state index contributed by atoms with van der Waals surface area (Å²) in [6.45, 7) is 1.72. The van der Waals surface area contributed by atoms with E-state index in [1.54, 1.807) is 0 Å². The largest absolute Gasteiger partial charge is 0.289 e. The number of likely N-dealkylation sites (tertiary alicyclic amines) is 1. The van der Waals surface area contributed by atoms with E-state index in [0.29, 0.717) is 12.3 Å². The van der Waals surface area contributed by atoms with Crippen LogP contribution in [0.4, 0.5) is 0 Å². The minimum absolute atomic E-state index is 0.0615. The van der Waals surface area contributed by atoms with Crippen LogP contribution in [0, 0.1) is 16.0 Å². The number of benzene rings is 1. The Morgan fingerprint density at radius 3 is 2.56 bits per heavy atom. The van der Waals surface area contributed by atoms with Crippen molar-refractivity contribution in [2.75, 3.05) is 6.54 Å². The maximum atomic E-state index is 11.1. The summed E-state index contributed by atoms with van der Waals surface area (Å²) in [6, 6.07) is 10.1. The Kier molecular flexibility index (Phi) is 3.04. The van der Waals surface area contributed by atoms with E-state index in [1.807, 2.05) is 18.2 Å². The van der Waals surface area contributed by atoms with E-state index in [1.165, 1.54) is 18.4 Å². The van der Waals surface area contributed by atoms with Gasteiger partial charge in [0.2, 0.25) is 6.04 Å². The molecule has 0 unspecified atom stereocenters. The van der Waals surface area contributed by atoms with Gasteiger partial charge < -0.3 is 0 Å². The summed E-state index contributed by atoms with van der Waals surface area (Å²) in [5, 5.41) is 11.1. The number of nitrogens with zero attached hydrogens (tertiary/aromatic N) is 2. The minimum atomic E-state index is -0.346. The molecular weight excluding hydrogens is 228 g/mol. The second kappa shape index (κ2) is 4.69. The lowest BCUT2D eigenvalue weighted by atomic mass is 10.0. The summed E-state index contributed by atoms with van der Waals surface area (Å²) in [6.07, 6.45) is 3.04. The third kappa shape index (κ3) is 2.25. The van der Waals surface area contributed by atoms with E-state index < -0.39 is 0 Å². The highest BCUT2D eigenvalue weighted by Crippen LogP contribution is 2.41. The van der Waals surface area contributed by atoms with E-state index in [9.17, 15) is 10.1 Å². The molecule has 1 saturated heterocycles. The monoisotopic (exact) mass is 246 g/mol. The van der Waals surface area contributed by atoms with Gasteiger partial charge in [-0.1, -0.05) is 30.3 Å². The van der Waals surface area contributed by atoms with Gasteiger partial charge >= 0.3 is 0 Å². The first-order chi connectivity index (χ1) is 8.75. The molecule has 0 amide bonds. The molecule has 2 fully saturated rings. The standard InChI is InChI=1S/C14H18N2O2/c17-16(18)13-8-9-15(14(13)12-6-7-12)10-11-4-2-1-3-5-11/h1-5,12-14H,6-10H2/t13-,14+/m1/s1. The second-order valence-electron chi connectivity index (χ2n) is 5.43. The molecule has 1 aromatic carbocycles. The molecule has 0 spiro atoms. The van der Waals surface area contributed by atoms with Crippen molar-refractivity contribution >= 4 is 0 Å². The Labute approximate surface area is 107 Å². The number of rotatable bonds is 4. The molecule has 0 aromatic heterocycles. The zero-order valence-electron chi connectivity index (χ0n) is 10.4. The van der Waals surface area contributed by atoms with E-state index in [-0.39, 0.29) is 17.0 Å². The Morgan fingerprint density at radius 2 is 1.94 bits per heavy atom. The highest BCUT2D eigenvalue weighted by Gasteiger charge is 2.49. The van der Waals surface area contributed by atoms with Crippen LogP contribution in [-0.4, -0.2) is 28.5 Å². The molecule has 1 aromatic rings. The molecule has 4 heteroatoms. The van der Waals surface area contributed by atoms with Crippen molar-refractivity contribution < 1.29 is 4.92 Å². The summed E-state index contributed by atoms with van der Waals surface area (Å²) < 4.78 is 0. The predicted octanol–water partition coefficient (Wildman–Crippen LogP) is 2.32. The van der Waals surface area contributed by atoms with Crippen molar-refractivity contribution in [3.05, 3.63) is 46.0 Å². The average Bonchev–Trinajstić information content (AvgIpc) is 3.12. The van der Waals surface area contributed by atoms with E-state index in [0.717, 1.165) is 13.1 Å². The molecule has 1 aliphatic carbocycles. The van der Waals surface area contributed by atoms with Crippen LogP contribution >= 0.6 is 0 Å². The maximum Gasteiger partial charge on any atom is 0.229 e. The molecular formula is C14H18N2O2. The fourth-order valence-electron chi connectivity index (χ4n) is 3.14. The fraction of sp³-hybridized carbons (Fsp3) is 0.571. The van der Waals surface area contributed by atoms with E-state index in [2.05, 4.69) is 17.0 Å². The van der Waals surface area contributed by atoms with Gasteiger partial charge in [-0.25, -0.2) is 0 Å². The summed E-state index contributed by atoms with van der Waals surface area (Å²) in [5.74, 6) is 0.562. The van der Waals surface area contributed by atoms with Crippen LogP contribution in [0.1, 0.15) is 24.8 Å². The normalized spacial score (nSPS) is 28.4. The first-order valence-electron chi connectivity index (χ1n) is 6.67. The minimum Gasteiger partial charge on any atom is -0.289 e. The molecule has 2 aliphatic rings. The van der Waals surface area contributed by atoms with Crippen molar-refractivity contribution in [1.82, 2.24) is 4.90 Å². The van der Waals surface area contributed by atoms with Crippen LogP contribution in [0.15, 0.2) is 30.3 Å². The molecule has 3 rings (SSSR count). The van der Waals surface area contributed by atoms with Crippen molar-refractivity contribution in [2.45, 2.75) is 37.9 Å². The molecule has 1 aliphatic heterocycles. The highest BCUT2D eigenvalue weighted by atomic mass is 16.6. The van der Waals surface area contributed by atoms with Crippen molar-refractivity contribution in [3.63, 3.8) is 0 Å². The molecule has 0 N–H and O–H groups in total.